The molecule has 0 saturated carbocycles. The van der Waals surface area contributed by atoms with Crippen molar-refractivity contribution >= 4 is 65.4 Å². The van der Waals surface area contributed by atoms with E-state index in [4.69, 9.17) is 0 Å². The van der Waals surface area contributed by atoms with Crippen molar-refractivity contribution in [2.45, 2.75) is 0 Å². The summed E-state index contributed by atoms with van der Waals surface area (Å²) in [6.45, 7) is 0. The lowest BCUT2D eigenvalue weighted by atomic mass is 9.91. The summed E-state index contributed by atoms with van der Waals surface area (Å²) < 4.78 is 7.15. The van der Waals surface area contributed by atoms with Gasteiger partial charge in [-0.05, 0) is 112 Å². The van der Waals surface area contributed by atoms with E-state index < -0.39 is 0 Å². The van der Waals surface area contributed by atoms with Crippen LogP contribution in [0.2, 0.25) is 0 Å². The molecule has 0 unspecified atom stereocenters. The SMILES string of the molecule is c1ccc2c(c1)c1ccccc1n2-c1ccc(-c2ccc(-c3ccc(-n4c5ccccc5c5ccccc54)cc3)c(-c3ccc(-n4c5ccccc5c5ccccc54)cc3)c2)cc1. The third-order valence-corrected chi connectivity index (χ3v) is 13.1. The molecule has 0 aliphatic heterocycles. The summed E-state index contributed by atoms with van der Waals surface area (Å²) in [5.41, 5.74) is 17.8. The van der Waals surface area contributed by atoms with Gasteiger partial charge in [0.05, 0.1) is 33.1 Å². The minimum absolute atomic E-state index is 1.14. The Morgan fingerprint density at radius 3 is 0.762 bits per heavy atom. The van der Waals surface area contributed by atoms with Crippen molar-refractivity contribution in [1.29, 1.82) is 0 Å². The number of hydrogen-bond donors (Lipinski definition) is 0. The average Bonchev–Trinajstić information content (AvgIpc) is 4.00. The first-order valence-electron chi connectivity index (χ1n) is 21.7. The number of benzene rings is 10. The van der Waals surface area contributed by atoms with E-state index in [1.54, 1.807) is 0 Å². The molecule has 3 aromatic heterocycles. The Morgan fingerprint density at radius 1 is 0.190 bits per heavy atom. The number of rotatable bonds is 6. The minimum Gasteiger partial charge on any atom is -0.309 e. The first kappa shape index (κ1) is 35.4. The quantitative estimate of drug-likeness (QED) is 0.159. The van der Waals surface area contributed by atoms with Gasteiger partial charge < -0.3 is 13.7 Å². The molecule has 0 radical (unpaired) electrons. The van der Waals surface area contributed by atoms with Gasteiger partial charge in [0.25, 0.3) is 0 Å². The normalized spacial score (nSPS) is 11.8. The maximum absolute atomic E-state index is 2.39. The van der Waals surface area contributed by atoms with Crippen molar-refractivity contribution < 1.29 is 0 Å². The monoisotopic (exact) mass is 801 g/mol. The fourth-order valence-electron chi connectivity index (χ4n) is 10.2. The van der Waals surface area contributed by atoms with Gasteiger partial charge in [-0.1, -0.05) is 158 Å². The molecule has 0 atom stereocenters. The van der Waals surface area contributed by atoms with E-state index in [0.717, 1.165) is 17.1 Å². The maximum Gasteiger partial charge on any atom is 0.0541 e. The zero-order valence-corrected chi connectivity index (χ0v) is 34.4. The molecule has 13 aromatic rings. The molecule has 0 aliphatic carbocycles. The van der Waals surface area contributed by atoms with Crippen LogP contribution in [-0.4, -0.2) is 13.7 Å². The van der Waals surface area contributed by atoms with Crippen LogP contribution >= 0.6 is 0 Å². The third-order valence-electron chi connectivity index (χ3n) is 13.1. The van der Waals surface area contributed by atoms with Gasteiger partial charge in [-0.15, -0.1) is 0 Å². The van der Waals surface area contributed by atoms with Gasteiger partial charge in [0.2, 0.25) is 0 Å². The Kier molecular flexibility index (Phi) is 7.91. The van der Waals surface area contributed by atoms with E-state index in [1.165, 1.54) is 98.8 Å². The van der Waals surface area contributed by atoms with E-state index in [1.807, 2.05) is 0 Å². The molecule has 0 saturated heterocycles. The Bertz CT molecular complexity index is 3720. The Balaban J connectivity index is 0.934. The lowest BCUT2D eigenvalue weighted by Gasteiger charge is -2.16. The fourth-order valence-corrected chi connectivity index (χ4v) is 10.2. The minimum atomic E-state index is 1.14. The van der Waals surface area contributed by atoms with Gasteiger partial charge in [-0.3, -0.25) is 0 Å². The molecule has 0 fully saturated rings. The van der Waals surface area contributed by atoms with Crippen molar-refractivity contribution in [2.24, 2.45) is 0 Å². The molecule has 3 heterocycles. The van der Waals surface area contributed by atoms with Crippen molar-refractivity contribution in [3.63, 3.8) is 0 Å². The van der Waals surface area contributed by atoms with Gasteiger partial charge in [-0.2, -0.15) is 0 Å². The summed E-state index contributed by atoms with van der Waals surface area (Å²) in [5, 5.41) is 7.60. The number of nitrogens with zero attached hydrogens (tertiary/aromatic N) is 3. The summed E-state index contributed by atoms with van der Waals surface area (Å²) in [6, 6.07) is 86.5. The molecular weight excluding hydrogens is 763 g/mol. The standard InChI is InChI=1S/C60H39N3/c1-7-19-55-48(13-1)49-14-2-8-20-56(49)61(55)44-32-25-40(26-33-44)43-31-38-47(41-27-34-45(35-28-41)62-57-21-9-3-15-50(57)51-16-4-10-22-58(51)62)54(39-43)42-29-36-46(37-30-42)63-59-23-11-5-17-52(59)53-18-6-12-24-60(53)63/h1-39H. The highest BCUT2D eigenvalue weighted by molar-refractivity contribution is 6.11. The summed E-state index contributed by atoms with van der Waals surface area (Å²) in [5.74, 6) is 0. The lowest BCUT2D eigenvalue weighted by molar-refractivity contribution is 1.18. The van der Waals surface area contributed by atoms with Gasteiger partial charge in [0.15, 0.2) is 0 Å². The van der Waals surface area contributed by atoms with E-state index in [0.29, 0.717) is 0 Å². The van der Waals surface area contributed by atoms with Crippen LogP contribution in [0.4, 0.5) is 0 Å². The molecule has 0 aliphatic rings. The molecule has 0 bridgehead atoms. The van der Waals surface area contributed by atoms with Crippen molar-refractivity contribution in [3.05, 3.63) is 237 Å². The number of fused-ring (bicyclic) bond motifs is 9. The zero-order valence-electron chi connectivity index (χ0n) is 34.4. The van der Waals surface area contributed by atoms with Gasteiger partial charge in [0, 0.05) is 49.4 Å². The number of hydrogen-bond acceptors (Lipinski definition) is 0. The topological polar surface area (TPSA) is 14.8 Å². The fraction of sp³-hybridized carbons (Fsp3) is 0. The lowest BCUT2D eigenvalue weighted by Crippen LogP contribution is -1.95. The smallest absolute Gasteiger partial charge is 0.0541 e. The second kappa shape index (κ2) is 14.1. The second-order valence-corrected chi connectivity index (χ2v) is 16.5. The summed E-state index contributed by atoms with van der Waals surface area (Å²) in [6.07, 6.45) is 0. The van der Waals surface area contributed by atoms with E-state index >= 15 is 0 Å². The van der Waals surface area contributed by atoms with Crippen LogP contribution in [0.3, 0.4) is 0 Å². The molecule has 3 nitrogen and oxygen atoms in total. The maximum atomic E-state index is 2.39. The number of para-hydroxylation sites is 6. The molecule has 3 heteroatoms. The molecule has 63 heavy (non-hydrogen) atoms. The van der Waals surface area contributed by atoms with Crippen LogP contribution in [0.1, 0.15) is 0 Å². The van der Waals surface area contributed by atoms with Crippen LogP contribution < -0.4 is 0 Å². The van der Waals surface area contributed by atoms with Crippen LogP contribution in [0.15, 0.2) is 237 Å². The van der Waals surface area contributed by atoms with Crippen LogP contribution in [-0.2, 0) is 0 Å². The van der Waals surface area contributed by atoms with Crippen molar-refractivity contribution in [1.82, 2.24) is 13.7 Å². The highest BCUT2D eigenvalue weighted by atomic mass is 15.0. The van der Waals surface area contributed by atoms with Crippen LogP contribution in [0.5, 0.6) is 0 Å². The second-order valence-electron chi connectivity index (χ2n) is 16.5. The molecule has 0 N–H and O–H groups in total. The third kappa shape index (κ3) is 5.53. The Labute approximate surface area is 364 Å². The van der Waals surface area contributed by atoms with Crippen LogP contribution in [0.25, 0.3) is 116 Å². The van der Waals surface area contributed by atoms with Gasteiger partial charge in [-0.25, -0.2) is 0 Å². The van der Waals surface area contributed by atoms with E-state index in [9.17, 15) is 0 Å². The predicted molar refractivity (Wildman–Crippen MR) is 266 cm³/mol. The Hall–Kier alpha value is -8.40. The first-order valence-corrected chi connectivity index (χ1v) is 21.7. The molecule has 294 valence electrons. The van der Waals surface area contributed by atoms with Gasteiger partial charge in [0.1, 0.15) is 0 Å². The summed E-state index contributed by atoms with van der Waals surface area (Å²) in [4.78, 5) is 0. The molecule has 10 aromatic carbocycles. The van der Waals surface area contributed by atoms with E-state index in [2.05, 4.69) is 250 Å². The van der Waals surface area contributed by atoms with E-state index in [-0.39, 0.29) is 0 Å². The number of aromatic nitrogens is 3. The van der Waals surface area contributed by atoms with Crippen molar-refractivity contribution in [3.8, 4) is 50.4 Å². The molecular formula is C60H39N3. The summed E-state index contributed by atoms with van der Waals surface area (Å²) in [7, 11) is 0. The highest BCUT2D eigenvalue weighted by Gasteiger charge is 2.17. The molecule has 13 rings (SSSR count). The summed E-state index contributed by atoms with van der Waals surface area (Å²) >= 11 is 0. The zero-order chi connectivity index (χ0) is 41.4. The van der Waals surface area contributed by atoms with Crippen LogP contribution in [0, 0.1) is 0 Å². The molecule has 0 spiro atoms. The van der Waals surface area contributed by atoms with Crippen molar-refractivity contribution in [2.75, 3.05) is 0 Å². The largest absolute Gasteiger partial charge is 0.309 e. The Morgan fingerprint density at radius 2 is 0.444 bits per heavy atom. The first-order chi connectivity index (χ1) is 31.3. The molecule has 0 amide bonds. The average molecular weight is 802 g/mol. The highest BCUT2D eigenvalue weighted by Crippen LogP contribution is 2.40. The predicted octanol–water partition coefficient (Wildman–Crippen LogP) is 16.0. The van der Waals surface area contributed by atoms with Gasteiger partial charge >= 0.3 is 0 Å².